The molecule has 122 valence electrons. The number of hydrogen-bond donors (Lipinski definition) is 0. The van der Waals surface area contributed by atoms with Gasteiger partial charge in [0.25, 0.3) is 0 Å². The van der Waals surface area contributed by atoms with Crippen molar-refractivity contribution in [3.8, 4) is 5.88 Å². The van der Waals surface area contributed by atoms with Crippen LogP contribution in [0.15, 0.2) is 0 Å². The summed E-state index contributed by atoms with van der Waals surface area (Å²) < 4.78 is 25.6. The number of aromatic nitrogens is 1. The minimum Gasteiger partial charge on any atom is -0.480 e. The summed E-state index contributed by atoms with van der Waals surface area (Å²) in [7, 11) is 2.87. The molecule has 0 aliphatic carbocycles. The van der Waals surface area contributed by atoms with Crippen molar-refractivity contribution >= 4 is 17.5 Å². The van der Waals surface area contributed by atoms with Crippen molar-refractivity contribution in [1.82, 2.24) is 9.27 Å². The van der Waals surface area contributed by atoms with Gasteiger partial charge in [-0.25, -0.2) is 4.79 Å². The maximum atomic E-state index is 12.0. The standard InChI is InChI=1S/C14H20N2O5S/c1-18-12-11(13(17)19-2)10(22-15-12)7-16-4-6-21-14(8-16)3-5-20-9-14/h3-9H2,1-2H3. The Labute approximate surface area is 133 Å². The first-order valence-corrected chi connectivity index (χ1v) is 8.00. The molecular formula is C14H20N2O5S. The van der Waals surface area contributed by atoms with E-state index in [-0.39, 0.29) is 5.60 Å². The average molecular weight is 328 g/mol. The van der Waals surface area contributed by atoms with Crippen LogP contribution >= 0.6 is 11.5 Å². The van der Waals surface area contributed by atoms with Gasteiger partial charge in [-0.2, -0.15) is 4.37 Å². The van der Waals surface area contributed by atoms with Crippen LogP contribution in [0.2, 0.25) is 0 Å². The third-order valence-electron chi connectivity index (χ3n) is 4.08. The highest BCUT2D eigenvalue weighted by Crippen LogP contribution is 2.31. The molecule has 0 bridgehead atoms. The minimum atomic E-state index is -0.409. The Morgan fingerprint density at radius 3 is 3.00 bits per heavy atom. The molecule has 1 aromatic rings. The van der Waals surface area contributed by atoms with Crippen LogP contribution in [0, 0.1) is 0 Å². The highest BCUT2D eigenvalue weighted by atomic mass is 32.1. The monoisotopic (exact) mass is 328 g/mol. The second-order valence-electron chi connectivity index (χ2n) is 5.53. The highest BCUT2D eigenvalue weighted by molar-refractivity contribution is 7.06. The molecular weight excluding hydrogens is 308 g/mol. The summed E-state index contributed by atoms with van der Waals surface area (Å²) in [6, 6.07) is 0. The van der Waals surface area contributed by atoms with Gasteiger partial charge in [-0.1, -0.05) is 0 Å². The molecule has 3 rings (SSSR count). The number of esters is 1. The molecule has 0 N–H and O–H groups in total. The number of rotatable bonds is 4. The van der Waals surface area contributed by atoms with Gasteiger partial charge in [0.05, 0.1) is 32.3 Å². The predicted octanol–water partition coefficient (Wildman–Crippen LogP) is 0.930. The smallest absolute Gasteiger partial charge is 0.344 e. The number of nitrogens with zero attached hydrogens (tertiary/aromatic N) is 2. The molecule has 0 aromatic carbocycles. The molecule has 2 aliphatic rings. The van der Waals surface area contributed by atoms with E-state index < -0.39 is 5.97 Å². The maximum Gasteiger partial charge on any atom is 0.344 e. The molecule has 0 amide bonds. The number of hydrogen-bond acceptors (Lipinski definition) is 8. The van der Waals surface area contributed by atoms with Crippen LogP contribution in [0.5, 0.6) is 5.88 Å². The van der Waals surface area contributed by atoms with Crippen LogP contribution < -0.4 is 4.74 Å². The lowest BCUT2D eigenvalue weighted by Crippen LogP contribution is -2.51. The summed E-state index contributed by atoms with van der Waals surface area (Å²) in [5.74, 6) is -0.0770. The van der Waals surface area contributed by atoms with Crippen molar-refractivity contribution in [3.63, 3.8) is 0 Å². The Bertz CT molecular complexity index is 541. The van der Waals surface area contributed by atoms with Crippen molar-refractivity contribution in [3.05, 3.63) is 10.4 Å². The normalized spacial score (nSPS) is 25.5. The van der Waals surface area contributed by atoms with E-state index in [1.807, 2.05) is 0 Å². The lowest BCUT2D eigenvalue weighted by Gasteiger charge is -2.39. The number of carbonyl (C=O) groups is 1. The second kappa shape index (κ2) is 6.49. The van der Waals surface area contributed by atoms with Gasteiger partial charge in [0, 0.05) is 32.7 Å². The Hall–Kier alpha value is -1.22. The van der Waals surface area contributed by atoms with Crippen molar-refractivity contribution in [2.45, 2.75) is 18.6 Å². The zero-order valence-electron chi connectivity index (χ0n) is 12.8. The van der Waals surface area contributed by atoms with Crippen LogP contribution in [0.3, 0.4) is 0 Å². The van der Waals surface area contributed by atoms with Gasteiger partial charge < -0.3 is 18.9 Å². The van der Waals surface area contributed by atoms with Gasteiger partial charge in [-0.3, -0.25) is 4.90 Å². The van der Waals surface area contributed by atoms with Gasteiger partial charge in [0.1, 0.15) is 11.2 Å². The van der Waals surface area contributed by atoms with Crippen LogP contribution in [-0.4, -0.2) is 68.0 Å². The van der Waals surface area contributed by atoms with E-state index in [2.05, 4.69) is 9.27 Å². The summed E-state index contributed by atoms with van der Waals surface area (Å²) in [5, 5.41) is 0. The SMILES string of the molecule is COC(=O)c1c(OC)nsc1CN1CCOC2(CCOC2)C1. The lowest BCUT2D eigenvalue weighted by atomic mass is 10.0. The van der Waals surface area contributed by atoms with Crippen LogP contribution in [0.4, 0.5) is 0 Å². The summed E-state index contributed by atoms with van der Waals surface area (Å²) in [6.45, 7) is 4.31. The molecule has 2 aliphatic heterocycles. The van der Waals surface area contributed by atoms with E-state index in [0.717, 1.165) is 31.0 Å². The topological polar surface area (TPSA) is 70.1 Å². The van der Waals surface area contributed by atoms with E-state index in [1.54, 1.807) is 0 Å². The molecule has 0 radical (unpaired) electrons. The minimum absolute atomic E-state index is 0.196. The van der Waals surface area contributed by atoms with Gasteiger partial charge >= 0.3 is 5.97 Å². The largest absolute Gasteiger partial charge is 0.480 e. The zero-order valence-corrected chi connectivity index (χ0v) is 13.6. The van der Waals surface area contributed by atoms with E-state index >= 15 is 0 Å². The van der Waals surface area contributed by atoms with Crippen molar-refractivity contribution in [1.29, 1.82) is 0 Å². The molecule has 1 aromatic heterocycles. The Balaban J connectivity index is 1.75. The van der Waals surface area contributed by atoms with Gasteiger partial charge in [0.15, 0.2) is 0 Å². The Kier molecular flexibility index (Phi) is 4.62. The lowest BCUT2D eigenvalue weighted by molar-refractivity contribution is -0.111. The van der Waals surface area contributed by atoms with E-state index in [4.69, 9.17) is 18.9 Å². The number of ether oxygens (including phenoxy) is 4. The molecule has 2 saturated heterocycles. The predicted molar refractivity (Wildman–Crippen MR) is 79.4 cm³/mol. The maximum absolute atomic E-state index is 12.0. The quantitative estimate of drug-likeness (QED) is 0.762. The van der Waals surface area contributed by atoms with Crippen molar-refractivity contribution in [2.75, 3.05) is 47.1 Å². The van der Waals surface area contributed by atoms with Crippen molar-refractivity contribution in [2.24, 2.45) is 0 Å². The number of morpholine rings is 1. The molecule has 0 saturated carbocycles. The van der Waals surface area contributed by atoms with Crippen LogP contribution in [0.25, 0.3) is 0 Å². The Morgan fingerprint density at radius 2 is 2.32 bits per heavy atom. The number of methoxy groups -OCH3 is 2. The first-order chi connectivity index (χ1) is 10.7. The van der Waals surface area contributed by atoms with E-state index in [1.165, 1.54) is 25.8 Å². The van der Waals surface area contributed by atoms with Crippen LogP contribution in [0.1, 0.15) is 21.7 Å². The summed E-state index contributed by atoms with van der Waals surface area (Å²) in [5.41, 5.74) is 0.233. The summed E-state index contributed by atoms with van der Waals surface area (Å²) >= 11 is 1.28. The van der Waals surface area contributed by atoms with Crippen molar-refractivity contribution < 1.29 is 23.7 Å². The summed E-state index contributed by atoms with van der Waals surface area (Å²) in [4.78, 5) is 15.1. The zero-order chi connectivity index (χ0) is 15.6. The average Bonchev–Trinajstić information content (AvgIpc) is 3.14. The molecule has 7 nitrogen and oxygen atoms in total. The van der Waals surface area contributed by atoms with Gasteiger partial charge in [-0.05, 0) is 11.5 Å². The molecule has 3 heterocycles. The van der Waals surface area contributed by atoms with Gasteiger partial charge in [0.2, 0.25) is 5.88 Å². The fraction of sp³-hybridized carbons (Fsp3) is 0.714. The number of carbonyl (C=O) groups excluding carboxylic acids is 1. The first-order valence-electron chi connectivity index (χ1n) is 7.22. The molecule has 1 atom stereocenters. The molecule has 1 unspecified atom stereocenters. The van der Waals surface area contributed by atoms with E-state index in [0.29, 0.717) is 31.2 Å². The third kappa shape index (κ3) is 2.96. The molecule has 22 heavy (non-hydrogen) atoms. The van der Waals surface area contributed by atoms with Gasteiger partial charge in [-0.15, -0.1) is 0 Å². The second-order valence-corrected chi connectivity index (χ2v) is 6.38. The highest BCUT2D eigenvalue weighted by Gasteiger charge is 2.40. The third-order valence-corrected chi connectivity index (χ3v) is 4.89. The fourth-order valence-electron chi connectivity index (χ4n) is 2.95. The first kappa shape index (κ1) is 15.7. The fourth-order valence-corrected chi connectivity index (χ4v) is 3.81. The molecule has 8 heteroatoms. The Morgan fingerprint density at radius 1 is 1.45 bits per heavy atom. The summed E-state index contributed by atoms with van der Waals surface area (Å²) in [6.07, 6.45) is 0.916. The van der Waals surface area contributed by atoms with Crippen LogP contribution in [-0.2, 0) is 20.8 Å². The van der Waals surface area contributed by atoms with E-state index in [9.17, 15) is 4.79 Å². The molecule has 1 spiro atoms. The molecule has 2 fully saturated rings.